The molecule has 3 rings (SSSR count). The molecule has 6 nitrogen and oxygen atoms in total. The Balaban J connectivity index is 1.47. The molecule has 0 aliphatic heterocycles. The summed E-state index contributed by atoms with van der Waals surface area (Å²) in [6, 6.07) is 6.13. The van der Waals surface area contributed by atoms with E-state index in [9.17, 15) is 14.0 Å². The van der Waals surface area contributed by atoms with Crippen LogP contribution in [0.2, 0.25) is 0 Å². The quantitative estimate of drug-likeness (QED) is 0.745. The normalized spacial score (nSPS) is 19.7. The number of hydrogen-bond acceptors (Lipinski definition) is 4. The van der Waals surface area contributed by atoms with Crippen molar-refractivity contribution in [3.63, 3.8) is 0 Å². The Hall–Kier alpha value is -2.48. The lowest BCUT2D eigenvalue weighted by atomic mass is 9.86. The lowest BCUT2D eigenvalue weighted by Crippen LogP contribution is -2.43. The second kappa shape index (κ2) is 8.27. The average Bonchev–Trinajstić information content (AvgIpc) is 3.09. The van der Waals surface area contributed by atoms with Gasteiger partial charge < -0.3 is 15.7 Å². The van der Waals surface area contributed by atoms with E-state index in [-0.39, 0.29) is 30.4 Å². The summed E-state index contributed by atoms with van der Waals surface area (Å²) in [7, 11) is 0. The lowest BCUT2D eigenvalue weighted by molar-refractivity contribution is -0.142. The zero-order valence-electron chi connectivity index (χ0n) is 14.1. The number of benzene rings is 1. The van der Waals surface area contributed by atoms with E-state index in [1.165, 1.54) is 17.4 Å². The van der Waals surface area contributed by atoms with Crippen molar-refractivity contribution in [2.45, 2.75) is 38.3 Å². The molecule has 2 amide bonds. The van der Waals surface area contributed by atoms with Crippen LogP contribution in [0.1, 0.15) is 30.7 Å². The molecule has 1 aliphatic rings. The van der Waals surface area contributed by atoms with Crippen LogP contribution in [0.3, 0.4) is 0 Å². The largest absolute Gasteiger partial charge is 0.481 e. The van der Waals surface area contributed by atoms with Crippen molar-refractivity contribution in [1.29, 1.82) is 0 Å². The second-order valence-corrected chi connectivity index (χ2v) is 7.26. The number of carboxylic acid groups (broad SMARTS) is 1. The molecule has 1 aliphatic carbocycles. The Morgan fingerprint density at radius 2 is 1.96 bits per heavy atom. The van der Waals surface area contributed by atoms with Gasteiger partial charge in [-0.1, -0.05) is 12.1 Å². The van der Waals surface area contributed by atoms with Gasteiger partial charge in [-0.15, -0.1) is 11.3 Å². The minimum atomic E-state index is -0.762. The molecule has 3 N–H and O–H groups in total. The number of aromatic nitrogens is 1. The summed E-state index contributed by atoms with van der Waals surface area (Å²) >= 11 is 1.36. The zero-order valence-corrected chi connectivity index (χ0v) is 14.9. The molecule has 0 unspecified atom stereocenters. The Bertz CT molecular complexity index is 787. The third-order valence-electron chi connectivity index (χ3n) is 4.51. The first-order chi connectivity index (χ1) is 12.5. The van der Waals surface area contributed by atoms with Crippen LogP contribution in [0.4, 0.5) is 9.18 Å². The van der Waals surface area contributed by atoms with Crippen molar-refractivity contribution in [3.05, 3.63) is 40.5 Å². The highest BCUT2D eigenvalue weighted by Gasteiger charge is 2.26. The van der Waals surface area contributed by atoms with E-state index in [2.05, 4.69) is 15.6 Å². The van der Waals surface area contributed by atoms with Crippen molar-refractivity contribution in [2.75, 3.05) is 0 Å². The molecule has 1 aromatic carbocycles. The number of nitrogens with zero attached hydrogens (tertiary/aromatic N) is 1. The number of nitrogens with one attached hydrogen (secondary N) is 2. The Morgan fingerprint density at radius 3 is 2.65 bits per heavy atom. The fraction of sp³-hybridized carbons (Fsp3) is 0.389. The van der Waals surface area contributed by atoms with Gasteiger partial charge in [0.05, 0.1) is 18.2 Å². The molecule has 0 spiro atoms. The van der Waals surface area contributed by atoms with E-state index in [0.29, 0.717) is 41.9 Å². The predicted octanol–water partition coefficient (Wildman–Crippen LogP) is 3.39. The average molecular weight is 377 g/mol. The number of urea groups is 1. The minimum Gasteiger partial charge on any atom is -0.481 e. The molecule has 26 heavy (non-hydrogen) atoms. The summed E-state index contributed by atoms with van der Waals surface area (Å²) in [4.78, 5) is 27.3. The molecule has 0 saturated heterocycles. The van der Waals surface area contributed by atoms with Crippen molar-refractivity contribution in [1.82, 2.24) is 15.6 Å². The molecule has 0 atom stereocenters. The van der Waals surface area contributed by atoms with Crippen LogP contribution in [-0.2, 0) is 11.3 Å². The molecule has 1 saturated carbocycles. The first-order valence-electron chi connectivity index (χ1n) is 8.49. The van der Waals surface area contributed by atoms with Crippen molar-refractivity contribution >= 4 is 23.3 Å². The van der Waals surface area contributed by atoms with E-state index in [4.69, 9.17) is 5.11 Å². The van der Waals surface area contributed by atoms with E-state index >= 15 is 0 Å². The standard InChI is InChI=1S/C18H20FN3O3S/c19-14-4-2-1-3-13(14)15-10-26-16(22-15)9-20-18(25)21-12-7-5-11(6-8-12)17(23)24/h1-4,10-12H,5-9H2,(H,23,24)(H2,20,21,25). The second-order valence-electron chi connectivity index (χ2n) is 6.32. The maximum absolute atomic E-state index is 13.8. The van der Waals surface area contributed by atoms with E-state index in [1.807, 2.05) is 0 Å². The van der Waals surface area contributed by atoms with Gasteiger partial charge in [-0.3, -0.25) is 4.79 Å². The molecule has 8 heteroatoms. The monoisotopic (exact) mass is 377 g/mol. The third-order valence-corrected chi connectivity index (χ3v) is 5.36. The van der Waals surface area contributed by atoms with Crippen LogP contribution in [0, 0.1) is 11.7 Å². The summed E-state index contributed by atoms with van der Waals surface area (Å²) in [6.45, 7) is 0.259. The van der Waals surface area contributed by atoms with Crippen molar-refractivity contribution in [3.8, 4) is 11.3 Å². The molecular weight excluding hydrogens is 357 g/mol. The Kier molecular flexibility index (Phi) is 5.82. The van der Waals surface area contributed by atoms with Gasteiger partial charge in [0.25, 0.3) is 0 Å². The van der Waals surface area contributed by atoms with Gasteiger partial charge in [0.1, 0.15) is 10.8 Å². The Morgan fingerprint density at radius 1 is 1.23 bits per heavy atom. The molecule has 1 aromatic heterocycles. The van der Waals surface area contributed by atoms with E-state index in [1.54, 1.807) is 23.6 Å². The molecule has 1 fully saturated rings. The van der Waals surface area contributed by atoms with Gasteiger partial charge in [-0.2, -0.15) is 0 Å². The maximum atomic E-state index is 13.8. The number of amides is 2. The summed E-state index contributed by atoms with van der Waals surface area (Å²) in [5.41, 5.74) is 0.993. The van der Waals surface area contributed by atoms with Crippen LogP contribution >= 0.6 is 11.3 Å². The van der Waals surface area contributed by atoms with E-state index < -0.39 is 5.97 Å². The minimum absolute atomic E-state index is 0.00382. The number of carbonyl (C=O) groups excluding carboxylic acids is 1. The first kappa shape index (κ1) is 18.3. The van der Waals surface area contributed by atoms with Gasteiger partial charge in [0.15, 0.2) is 0 Å². The number of halogens is 1. The number of carbonyl (C=O) groups is 2. The van der Waals surface area contributed by atoms with Crippen LogP contribution < -0.4 is 10.6 Å². The number of thiazole rings is 1. The molecule has 138 valence electrons. The van der Waals surface area contributed by atoms with Crippen LogP contribution in [0.5, 0.6) is 0 Å². The summed E-state index contributed by atoms with van der Waals surface area (Å²) in [5, 5.41) is 17.1. The lowest BCUT2D eigenvalue weighted by Gasteiger charge is -2.26. The summed E-state index contributed by atoms with van der Waals surface area (Å²) < 4.78 is 13.8. The highest BCUT2D eigenvalue weighted by atomic mass is 32.1. The Labute approximate surface area is 154 Å². The number of aliphatic carboxylic acids is 1. The number of carboxylic acids is 1. The van der Waals surface area contributed by atoms with Crippen molar-refractivity contribution in [2.24, 2.45) is 5.92 Å². The fourth-order valence-electron chi connectivity index (χ4n) is 3.06. The highest BCUT2D eigenvalue weighted by molar-refractivity contribution is 7.09. The number of hydrogen-bond donors (Lipinski definition) is 3. The number of rotatable bonds is 5. The van der Waals surface area contributed by atoms with Crippen LogP contribution in [0.15, 0.2) is 29.6 Å². The van der Waals surface area contributed by atoms with Crippen LogP contribution in [0.25, 0.3) is 11.3 Å². The third kappa shape index (κ3) is 4.57. The molecular formula is C18H20FN3O3S. The van der Waals surface area contributed by atoms with Gasteiger partial charge in [-0.25, -0.2) is 14.2 Å². The summed E-state index contributed by atoms with van der Waals surface area (Å²) in [6.07, 6.45) is 2.50. The fourth-order valence-corrected chi connectivity index (χ4v) is 3.80. The smallest absolute Gasteiger partial charge is 0.315 e. The predicted molar refractivity (Wildman–Crippen MR) is 96.3 cm³/mol. The van der Waals surface area contributed by atoms with Gasteiger partial charge in [0, 0.05) is 17.0 Å². The zero-order chi connectivity index (χ0) is 18.5. The van der Waals surface area contributed by atoms with Crippen LogP contribution in [-0.4, -0.2) is 28.1 Å². The van der Waals surface area contributed by atoms with Gasteiger partial charge >= 0.3 is 12.0 Å². The highest BCUT2D eigenvalue weighted by Crippen LogP contribution is 2.25. The van der Waals surface area contributed by atoms with Crippen molar-refractivity contribution < 1.29 is 19.1 Å². The van der Waals surface area contributed by atoms with E-state index in [0.717, 1.165) is 0 Å². The van der Waals surface area contributed by atoms with Gasteiger partial charge in [0.2, 0.25) is 0 Å². The topological polar surface area (TPSA) is 91.3 Å². The maximum Gasteiger partial charge on any atom is 0.315 e. The molecule has 0 bridgehead atoms. The van der Waals surface area contributed by atoms with Gasteiger partial charge in [-0.05, 0) is 37.8 Å². The summed E-state index contributed by atoms with van der Waals surface area (Å²) in [5.74, 6) is -1.39. The molecule has 1 heterocycles. The molecule has 0 radical (unpaired) electrons. The molecule has 2 aromatic rings. The first-order valence-corrected chi connectivity index (χ1v) is 9.37. The SMILES string of the molecule is O=C(NCc1nc(-c2ccccc2F)cs1)NC1CCC(C(=O)O)CC1.